The van der Waals surface area contributed by atoms with Crippen LogP contribution >= 0.6 is 0 Å². The number of carbonyl (C=O) groups is 1. The summed E-state index contributed by atoms with van der Waals surface area (Å²) in [6, 6.07) is 14.4. The van der Waals surface area contributed by atoms with Crippen molar-refractivity contribution in [3.05, 3.63) is 65.7 Å². The van der Waals surface area contributed by atoms with Crippen molar-refractivity contribution < 1.29 is 18.3 Å². The molecule has 1 atom stereocenters. The van der Waals surface area contributed by atoms with Gasteiger partial charge < -0.3 is 5.11 Å². The van der Waals surface area contributed by atoms with Gasteiger partial charge >= 0.3 is 5.97 Å². The van der Waals surface area contributed by atoms with Gasteiger partial charge in [0.25, 0.3) is 0 Å². The minimum absolute atomic E-state index is 0.0313. The van der Waals surface area contributed by atoms with E-state index in [2.05, 4.69) is 0 Å². The summed E-state index contributed by atoms with van der Waals surface area (Å²) in [7, 11) is -3.62. The number of benzene rings is 2. The summed E-state index contributed by atoms with van der Waals surface area (Å²) in [5, 5.41) is 8.38. The molecule has 0 saturated carbocycles. The van der Waals surface area contributed by atoms with Gasteiger partial charge in [-0.3, -0.25) is 0 Å². The molecule has 0 aromatic heterocycles. The van der Waals surface area contributed by atoms with Crippen LogP contribution in [0.4, 0.5) is 0 Å². The van der Waals surface area contributed by atoms with Gasteiger partial charge in [-0.15, -0.1) is 0 Å². The first-order valence-corrected chi connectivity index (χ1v) is 8.14. The summed E-state index contributed by atoms with van der Waals surface area (Å²) in [5.41, 5.74) is 0.361. The second-order valence-electron chi connectivity index (χ2n) is 4.65. The Morgan fingerprint density at radius 2 is 1.62 bits per heavy atom. The van der Waals surface area contributed by atoms with E-state index in [-0.39, 0.29) is 10.5 Å². The van der Waals surface area contributed by atoms with Crippen molar-refractivity contribution in [3.8, 4) is 0 Å². The highest BCUT2D eigenvalue weighted by Crippen LogP contribution is 2.33. The molecule has 5 heteroatoms. The average Bonchev–Trinajstić information content (AvgIpc) is 2.49. The first-order valence-electron chi connectivity index (χ1n) is 6.59. The molecule has 0 fully saturated rings. The fourth-order valence-electron chi connectivity index (χ4n) is 2.35. The van der Waals surface area contributed by atoms with E-state index in [9.17, 15) is 18.3 Å². The zero-order valence-electron chi connectivity index (χ0n) is 11.6. The largest absolute Gasteiger partial charge is 0.478 e. The van der Waals surface area contributed by atoms with Crippen LogP contribution in [0.1, 0.15) is 34.5 Å². The first-order chi connectivity index (χ1) is 9.98. The van der Waals surface area contributed by atoms with E-state index < -0.39 is 21.1 Å². The molecular weight excluding hydrogens is 288 g/mol. The lowest BCUT2D eigenvalue weighted by atomic mass is 10.0. The molecule has 2 aromatic rings. The molecule has 4 nitrogen and oxygen atoms in total. The van der Waals surface area contributed by atoms with Gasteiger partial charge in [-0.1, -0.05) is 43.3 Å². The molecule has 21 heavy (non-hydrogen) atoms. The lowest BCUT2D eigenvalue weighted by Crippen LogP contribution is -2.16. The SMILES string of the molecule is CC[C@@H](c1ccccc1C(=O)O)S(=O)(=O)c1ccccc1. The quantitative estimate of drug-likeness (QED) is 0.920. The number of carboxylic acids is 1. The molecule has 0 radical (unpaired) electrons. The number of carboxylic acid groups (broad SMARTS) is 1. The summed E-state index contributed by atoms with van der Waals surface area (Å²) >= 11 is 0. The molecule has 110 valence electrons. The van der Waals surface area contributed by atoms with Crippen LogP contribution in [-0.2, 0) is 9.84 Å². The van der Waals surface area contributed by atoms with Crippen molar-refractivity contribution in [2.75, 3.05) is 0 Å². The van der Waals surface area contributed by atoms with E-state index >= 15 is 0 Å². The Morgan fingerprint density at radius 1 is 1.05 bits per heavy atom. The van der Waals surface area contributed by atoms with Gasteiger partial charge in [0.1, 0.15) is 0 Å². The lowest BCUT2D eigenvalue weighted by molar-refractivity contribution is 0.0695. The Balaban J connectivity index is 2.58. The summed E-state index contributed by atoms with van der Waals surface area (Å²) in [6.45, 7) is 1.74. The molecule has 0 aliphatic carbocycles. The third-order valence-electron chi connectivity index (χ3n) is 3.36. The highest BCUT2D eigenvalue weighted by Gasteiger charge is 2.30. The molecule has 0 amide bonds. The first kappa shape index (κ1) is 15.3. The molecule has 0 unspecified atom stereocenters. The summed E-state index contributed by atoms with van der Waals surface area (Å²) in [5.74, 6) is -1.12. The van der Waals surface area contributed by atoms with Gasteiger partial charge in [-0.25, -0.2) is 13.2 Å². The maximum atomic E-state index is 12.7. The standard InChI is InChI=1S/C16H16O4S/c1-2-15(13-10-6-7-11-14(13)16(17)18)21(19,20)12-8-4-3-5-9-12/h3-11,15H,2H2,1H3,(H,17,18)/t15-/m0/s1. The van der Waals surface area contributed by atoms with Crippen LogP contribution in [0.15, 0.2) is 59.5 Å². The molecular formula is C16H16O4S. The number of rotatable bonds is 5. The smallest absolute Gasteiger partial charge is 0.336 e. The monoisotopic (exact) mass is 304 g/mol. The summed E-state index contributed by atoms with van der Waals surface area (Å²) < 4.78 is 25.5. The average molecular weight is 304 g/mol. The van der Waals surface area contributed by atoms with Gasteiger partial charge in [-0.05, 0) is 30.2 Å². The fraction of sp³-hybridized carbons (Fsp3) is 0.188. The van der Waals surface area contributed by atoms with Crippen molar-refractivity contribution in [2.24, 2.45) is 0 Å². The van der Waals surface area contributed by atoms with Crippen molar-refractivity contribution in [3.63, 3.8) is 0 Å². The Labute approximate surface area is 124 Å². The van der Waals surface area contributed by atoms with Gasteiger partial charge in [0, 0.05) is 0 Å². The third kappa shape index (κ3) is 2.97. The van der Waals surface area contributed by atoms with Crippen molar-refractivity contribution in [1.82, 2.24) is 0 Å². The highest BCUT2D eigenvalue weighted by molar-refractivity contribution is 7.91. The molecule has 2 rings (SSSR count). The maximum absolute atomic E-state index is 12.7. The normalized spacial score (nSPS) is 12.8. The number of aromatic carboxylic acids is 1. The van der Waals surface area contributed by atoms with E-state index in [0.717, 1.165) is 0 Å². The van der Waals surface area contributed by atoms with Crippen LogP contribution in [0.3, 0.4) is 0 Å². The molecule has 0 bridgehead atoms. The topological polar surface area (TPSA) is 71.4 Å². The zero-order valence-corrected chi connectivity index (χ0v) is 12.4. The molecule has 2 aromatic carbocycles. The van der Waals surface area contributed by atoms with Crippen LogP contribution < -0.4 is 0 Å². The second-order valence-corrected chi connectivity index (χ2v) is 6.78. The Hall–Kier alpha value is -2.14. The van der Waals surface area contributed by atoms with Crippen LogP contribution in [0.2, 0.25) is 0 Å². The number of hydrogen-bond donors (Lipinski definition) is 1. The molecule has 0 heterocycles. The Kier molecular flexibility index (Phi) is 4.43. The van der Waals surface area contributed by atoms with Crippen LogP contribution in [0, 0.1) is 0 Å². The minimum atomic E-state index is -3.62. The van der Waals surface area contributed by atoms with Crippen molar-refractivity contribution in [2.45, 2.75) is 23.5 Å². The Morgan fingerprint density at radius 3 is 2.19 bits per heavy atom. The second kappa shape index (κ2) is 6.10. The van der Waals surface area contributed by atoms with Crippen molar-refractivity contribution in [1.29, 1.82) is 0 Å². The van der Waals surface area contributed by atoms with E-state index in [0.29, 0.717) is 12.0 Å². The fourth-order valence-corrected chi connectivity index (χ4v) is 4.20. The van der Waals surface area contributed by atoms with Gasteiger partial charge in [0.15, 0.2) is 9.84 Å². The highest BCUT2D eigenvalue weighted by atomic mass is 32.2. The molecule has 1 N–H and O–H groups in total. The van der Waals surface area contributed by atoms with Crippen LogP contribution in [0.25, 0.3) is 0 Å². The van der Waals surface area contributed by atoms with Gasteiger partial charge in [0.2, 0.25) is 0 Å². The predicted molar refractivity (Wildman–Crippen MR) is 80.1 cm³/mol. The van der Waals surface area contributed by atoms with Gasteiger partial charge in [0.05, 0.1) is 15.7 Å². The van der Waals surface area contributed by atoms with Crippen LogP contribution in [-0.4, -0.2) is 19.5 Å². The van der Waals surface area contributed by atoms with E-state index in [4.69, 9.17) is 0 Å². The summed E-state index contributed by atoms with van der Waals surface area (Å²) in [4.78, 5) is 11.5. The molecule has 0 aliphatic rings. The van der Waals surface area contributed by atoms with Crippen molar-refractivity contribution >= 4 is 15.8 Å². The summed E-state index contributed by atoms with van der Waals surface area (Å²) in [6.07, 6.45) is 0.307. The predicted octanol–water partition coefficient (Wildman–Crippen LogP) is 3.31. The minimum Gasteiger partial charge on any atom is -0.478 e. The van der Waals surface area contributed by atoms with E-state index in [1.807, 2.05) is 0 Å². The number of sulfone groups is 1. The third-order valence-corrected chi connectivity index (χ3v) is 5.62. The maximum Gasteiger partial charge on any atom is 0.336 e. The van der Waals surface area contributed by atoms with E-state index in [1.165, 1.54) is 18.2 Å². The van der Waals surface area contributed by atoms with E-state index in [1.54, 1.807) is 43.3 Å². The van der Waals surface area contributed by atoms with Crippen LogP contribution in [0.5, 0.6) is 0 Å². The molecule has 0 saturated heterocycles. The molecule has 0 spiro atoms. The zero-order chi connectivity index (χ0) is 15.5. The lowest BCUT2D eigenvalue weighted by Gasteiger charge is -2.18. The molecule has 0 aliphatic heterocycles. The number of hydrogen-bond acceptors (Lipinski definition) is 3. The Bertz CT molecular complexity index is 736. The van der Waals surface area contributed by atoms with Gasteiger partial charge in [-0.2, -0.15) is 0 Å².